The number of nitrogens with zero attached hydrogens (tertiary/aromatic N) is 4. The van der Waals surface area contributed by atoms with E-state index in [0.29, 0.717) is 38.0 Å². The molecule has 1 fully saturated rings. The minimum atomic E-state index is -0.891. The van der Waals surface area contributed by atoms with E-state index in [1.165, 1.54) is 4.90 Å². The summed E-state index contributed by atoms with van der Waals surface area (Å²) < 4.78 is 9.85. The Bertz CT molecular complexity index is 386. The molecule has 1 amide bonds. The normalized spacial score (nSPS) is 16.3. The summed E-state index contributed by atoms with van der Waals surface area (Å²) in [4.78, 5) is 18.1. The summed E-state index contributed by atoms with van der Waals surface area (Å²) in [6, 6.07) is 0. The van der Waals surface area contributed by atoms with Gasteiger partial charge in [-0.15, -0.1) is 0 Å². The molecule has 8 nitrogen and oxygen atoms in total. The number of anilines is 1. The first-order valence-electron chi connectivity index (χ1n) is 5.25. The van der Waals surface area contributed by atoms with Gasteiger partial charge in [0, 0.05) is 33.3 Å². The van der Waals surface area contributed by atoms with E-state index in [-0.39, 0.29) is 6.61 Å². The molecule has 1 aromatic heterocycles. The number of ether oxygens (including phenoxy) is 1. The zero-order valence-electron chi connectivity index (χ0n) is 9.50. The van der Waals surface area contributed by atoms with Crippen molar-refractivity contribution in [3.05, 3.63) is 5.89 Å². The van der Waals surface area contributed by atoms with Crippen molar-refractivity contribution < 1.29 is 19.2 Å². The Morgan fingerprint density at radius 2 is 2.18 bits per heavy atom. The molecule has 0 radical (unpaired) electrons. The molecule has 0 spiro atoms. The quantitative estimate of drug-likeness (QED) is 0.798. The van der Waals surface area contributed by atoms with E-state index in [1.54, 1.807) is 7.11 Å². The van der Waals surface area contributed by atoms with Gasteiger partial charge in [-0.25, -0.2) is 4.79 Å². The van der Waals surface area contributed by atoms with Crippen LogP contribution in [0.1, 0.15) is 5.89 Å². The van der Waals surface area contributed by atoms with Crippen molar-refractivity contribution in [3.63, 3.8) is 0 Å². The maximum absolute atomic E-state index is 10.7. The van der Waals surface area contributed by atoms with Crippen molar-refractivity contribution in [2.45, 2.75) is 6.61 Å². The molecule has 1 aromatic rings. The summed E-state index contributed by atoms with van der Waals surface area (Å²) >= 11 is 0. The predicted molar refractivity (Wildman–Crippen MR) is 56.8 cm³/mol. The van der Waals surface area contributed by atoms with Crippen LogP contribution >= 0.6 is 0 Å². The fraction of sp³-hybridized carbons (Fsp3) is 0.667. The van der Waals surface area contributed by atoms with Crippen LogP contribution in [0.15, 0.2) is 4.52 Å². The maximum Gasteiger partial charge on any atom is 0.407 e. The highest BCUT2D eigenvalue weighted by molar-refractivity contribution is 5.65. The average molecular weight is 242 g/mol. The topological polar surface area (TPSA) is 91.9 Å². The third-order valence-electron chi connectivity index (χ3n) is 2.56. The Morgan fingerprint density at radius 1 is 1.47 bits per heavy atom. The van der Waals surface area contributed by atoms with Crippen LogP contribution in [-0.2, 0) is 11.3 Å². The van der Waals surface area contributed by atoms with Gasteiger partial charge in [0.25, 0.3) is 11.8 Å². The molecule has 1 N–H and O–H groups in total. The Labute approximate surface area is 97.8 Å². The van der Waals surface area contributed by atoms with Gasteiger partial charge in [-0.1, -0.05) is 0 Å². The molecule has 0 bridgehead atoms. The first-order valence-corrected chi connectivity index (χ1v) is 5.25. The molecule has 1 aliphatic rings. The molecule has 17 heavy (non-hydrogen) atoms. The van der Waals surface area contributed by atoms with Gasteiger partial charge in [-0.2, -0.15) is 4.98 Å². The van der Waals surface area contributed by atoms with Gasteiger partial charge in [0.1, 0.15) is 6.61 Å². The summed E-state index contributed by atoms with van der Waals surface area (Å²) in [5, 5.41) is 12.6. The monoisotopic (exact) mass is 242 g/mol. The Balaban J connectivity index is 1.93. The molecule has 0 atom stereocenters. The van der Waals surface area contributed by atoms with Gasteiger partial charge >= 0.3 is 6.09 Å². The van der Waals surface area contributed by atoms with Crippen molar-refractivity contribution in [3.8, 4) is 0 Å². The molecule has 0 saturated carbocycles. The fourth-order valence-corrected chi connectivity index (χ4v) is 1.65. The highest BCUT2D eigenvalue weighted by atomic mass is 16.5. The Morgan fingerprint density at radius 3 is 2.76 bits per heavy atom. The van der Waals surface area contributed by atoms with Gasteiger partial charge in [0.05, 0.1) is 0 Å². The van der Waals surface area contributed by atoms with Crippen molar-refractivity contribution in [1.82, 2.24) is 15.0 Å². The highest BCUT2D eigenvalue weighted by Crippen LogP contribution is 2.12. The molecule has 0 aliphatic carbocycles. The molecule has 94 valence electrons. The number of rotatable bonds is 3. The van der Waals surface area contributed by atoms with E-state index in [1.807, 2.05) is 4.90 Å². The zero-order chi connectivity index (χ0) is 12.3. The van der Waals surface area contributed by atoms with Crippen LogP contribution in [0.3, 0.4) is 0 Å². The Kier molecular flexibility index (Phi) is 3.43. The van der Waals surface area contributed by atoms with Crippen LogP contribution < -0.4 is 4.90 Å². The zero-order valence-corrected chi connectivity index (χ0v) is 9.50. The molecule has 0 unspecified atom stereocenters. The summed E-state index contributed by atoms with van der Waals surface area (Å²) in [7, 11) is 1.55. The Hall–Kier alpha value is -1.83. The first kappa shape index (κ1) is 11.6. The van der Waals surface area contributed by atoms with Gasteiger partial charge in [-0.3, -0.25) is 0 Å². The first-order chi connectivity index (χ1) is 8.20. The van der Waals surface area contributed by atoms with Crippen LogP contribution in [-0.4, -0.2) is 59.5 Å². The lowest BCUT2D eigenvalue weighted by Gasteiger charge is -2.31. The number of amides is 1. The second-order valence-corrected chi connectivity index (χ2v) is 3.68. The van der Waals surface area contributed by atoms with Crippen LogP contribution in [0, 0.1) is 0 Å². The largest absolute Gasteiger partial charge is 0.465 e. The molecule has 1 aliphatic heterocycles. The predicted octanol–water partition coefficient (Wildman–Crippen LogP) is 0.0160. The van der Waals surface area contributed by atoms with Crippen molar-refractivity contribution in [2.75, 3.05) is 38.2 Å². The van der Waals surface area contributed by atoms with Crippen LogP contribution in [0.5, 0.6) is 0 Å². The van der Waals surface area contributed by atoms with Crippen LogP contribution in [0.2, 0.25) is 0 Å². The highest BCUT2D eigenvalue weighted by Gasteiger charge is 2.23. The lowest BCUT2D eigenvalue weighted by Crippen LogP contribution is -2.48. The third kappa shape index (κ3) is 2.64. The van der Waals surface area contributed by atoms with Crippen molar-refractivity contribution >= 4 is 12.0 Å². The molecular formula is C9H14N4O4. The van der Waals surface area contributed by atoms with E-state index in [9.17, 15) is 4.79 Å². The number of hydrogen-bond donors (Lipinski definition) is 1. The van der Waals surface area contributed by atoms with E-state index in [4.69, 9.17) is 14.4 Å². The maximum atomic E-state index is 10.7. The summed E-state index contributed by atoms with van der Waals surface area (Å²) in [6.45, 7) is 2.31. The number of hydrogen-bond acceptors (Lipinski definition) is 6. The molecule has 2 rings (SSSR count). The number of aromatic nitrogens is 2. The van der Waals surface area contributed by atoms with E-state index in [2.05, 4.69) is 10.1 Å². The number of carboxylic acid groups (broad SMARTS) is 1. The summed E-state index contributed by atoms with van der Waals surface area (Å²) in [5.41, 5.74) is 0. The third-order valence-corrected chi connectivity index (χ3v) is 2.56. The second kappa shape index (κ2) is 5.00. The number of carbonyl (C=O) groups is 1. The second-order valence-electron chi connectivity index (χ2n) is 3.68. The lowest BCUT2D eigenvalue weighted by molar-refractivity contribution is 0.142. The molecule has 2 heterocycles. The van der Waals surface area contributed by atoms with E-state index >= 15 is 0 Å². The summed E-state index contributed by atoms with van der Waals surface area (Å²) in [6.07, 6.45) is -0.891. The van der Waals surface area contributed by atoms with Crippen LogP contribution in [0.25, 0.3) is 0 Å². The molecular weight excluding hydrogens is 228 g/mol. The van der Waals surface area contributed by atoms with Gasteiger partial charge in [-0.05, 0) is 5.16 Å². The lowest BCUT2D eigenvalue weighted by atomic mass is 10.3. The minimum absolute atomic E-state index is 0.280. The van der Waals surface area contributed by atoms with E-state index in [0.717, 1.165) is 0 Å². The molecule has 1 saturated heterocycles. The molecule has 8 heteroatoms. The number of piperazine rings is 1. The standard InChI is InChI=1S/C9H14N4O4/c1-16-6-7-10-8(11-17-7)12-2-4-13(5-3-12)9(14)15/h2-6H2,1H3,(H,14,15). The van der Waals surface area contributed by atoms with Gasteiger partial charge in [0.2, 0.25) is 0 Å². The minimum Gasteiger partial charge on any atom is -0.465 e. The fourth-order valence-electron chi connectivity index (χ4n) is 1.65. The molecule has 0 aromatic carbocycles. The van der Waals surface area contributed by atoms with Gasteiger partial charge < -0.3 is 24.2 Å². The number of methoxy groups -OCH3 is 1. The van der Waals surface area contributed by atoms with Crippen molar-refractivity contribution in [1.29, 1.82) is 0 Å². The van der Waals surface area contributed by atoms with Gasteiger partial charge in [0.15, 0.2) is 0 Å². The SMILES string of the molecule is COCc1nc(N2CCN(C(=O)O)CC2)no1. The van der Waals surface area contributed by atoms with Crippen LogP contribution in [0.4, 0.5) is 10.7 Å². The van der Waals surface area contributed by atoms with E-state index < -0.39 is 6.09 Å². The smallest absolute Gasteiger partial charge is 0.407 e. The summed E-state index contributed by atoms with van der Waals surface area (Å²) in [5.74, 6) is 0.908. The average Bonchev–Trinajstić information content (AvgIpc) is 2.78. The van der Waals surface area contributed by atoms with Crippen molar-refractivity contribution in [2.24, 2.45) is 0 Å².